The molecule has 0 bridgehead atoms. The van der Waals surface area contributed by atoms with Crippen molar-refractivity contribution < 1.29 is 9.13 Å². The van der Waals surface area contributed by atoms with Gasteiger partial charge in [0.25, 0.3) is 6.33 Å². The summed E-state index contributed by atoms with van der Waals surface area (Å²) in [4.78, 5) is 4.95. The third-order valence-electron chi connectivity index (χ3n) is 7.57. The number of imidazole rings is 2. The largest absolute Gasteiger partial charge is 0.334 e. The smallest absolute Gasteiger partial charge is 0.271 e. The van der Waals surface area contributed by atoms with Crippen LogP contribution in [0.15, 0.2) is 67.3 Å². The number of hydrogen-bond donors (Lipinski definition) is 0. The van der Waals surface area contributed by atoms with Crippen molar-refractivity contribution in [3.63, 3.8) is 0 Å². The zero-order chi connectivity index (χ0) is 29.0. The monoisotopic (exact) mass is 531 g/mol. The van der Waals surface area contributed by atoms with Crippen molar-refractivity contribution >= 4 is 0 Å². The van der Waals surface area contributed by atoms with Gasteiger partial charge in [-0.05, 0) is 84.0 Å². The quantitative estimate of drug-likeness (QED) is 0.189. The van der Waals surface area contributed by atoms with E-state index < -0.39 is 0 Å². The van der Waals surface area contributed by atoms with Gasteiger partial charge in [-0.3, -0.25) is 9.13 Å². The minimum absolute atomic E-state index is 0.111. The molecule has 0 spiro atoms. The van der Waals surface area contributed by atoms with Crippen molar-refractivity contribution in [3.05, 3.63) is 113 Å². The Morgan fingerprint density at radius 2 is 1.15 bits per heavy atom. The van der Waals surface area contributed by atoms with E-state index in [0.717, 1.165) is 23.0 Å². The standard InChI is InChI=1S/C35H41N5/c1-24-18-28(34(5,6)7)19-25(2)32(24)39-16-14-37(22-39)30-12-11-13-31(36-30)38-15-17-40(23-38)33-26(3)20-29(21-27(33)4)35(8,9)10/h11-21H,1-10H3. The first-order valence-corrected chi connectivity index (χ1v) is 14.0. The van der Waals surface area contributed by atoms with E-state index in [-0.39, 0.29) is 10.8 Å². The topological polar surface area (TPSA) is 30.5 Å². The molecule has 0 unspecified atom stereocenters. The van der Waals surface area contributed by atoms with E-state index in [0.29, 0.717) is 0 Å². The van der Waals surface area contributed by atoms with Crippen LogP contribution in [-0.4, -0.2) is 14.1 Å². The van der Waals surface area contributed by atoms with Crippen molar-refractivity contribution in [3.8, 4) is 23.0 Å². The van der Waals surface area contributed by atoms with Crippen LogP contribution in [0.3, 0.4) is 0 Å². The van der Waals surface area contributed by atoms with Gasteiger partial charge in [0, 0.05) is 30.5 Å². The first-order valence-electron chi connectivity index (χ1n) is 14.0. The molecule has 0 saturated heterocycles. The first kappa shape index (κ1) is 27.6. The molecule has 0 aliphatic carbocycles. The summed E-state index contributed by atoms with van der Waals surface area (Å²) in [6.07, 6.45) is 15.0. The summed E-state index contributed by atoms with van der Waals surface area (Å²) in [5.41, 5.74) is 10.2. The lowest BCUT2D eigenvalue weighted by Crippen LogP contribution is -2.32. The molecule has 0 radical (unpaired) electrons. The molecule has 5 rings (SSSR count). The second-order valence-electron chi connectivity index (χ2n) is 13.0. The number of benzene rings is 2. The molecular formula is C35H41N5. The van der Waals surface area contributed by atoms with Gasteiger partial charge in [-0.2, -0.15) is 0 Å². The van der Waals surface area contributed by atoms with Gasteiger partial charge < -0.3 is 9.13 Å². The lowest BCUT2D eigenvalue weighted by Gasteiger charge is -2.23. The van der Waals surface area contributed by atoms with Crippen molar-refractivity contribution in [1.29, 1.82) is 0 Å². The Kier molecular flexibility index (Phi) is 6.81. The Morgan fingerprint density at radius 1 is 0.650 bits per heavy atom. The molecule has 3 aromatic heterocycles. The fourth-order valence-corrected chi connectivity index (χ4v) is 5.35. The maximum atomic E-state index is 4.95. The Balaban J connectivity index is 1.46. The molecule has 0 aliphatic heterocycles. The van der Waals surface area contributed by atoms with Gasteiger partial charge in [-0.25, -0.2) is 0 Å². The molecule has 0 N–H and O–H groups in total. The van der Waals surface area contributed by atoms with E-state index in [2.05, 4.69) is 115 Å². The summed E-state index contributed by atoms with van der Waals surface area (Å²) >= 11 is 0. The van der Waals surface area contributed by atoms with Crippen LogP contribution in [-0.2, 0) is 10.8 Å². The molecule has 0 saturated carbocycles. The molecule has 5 aromatic rings. The molecular weight excluding hydrogens is 490 g/mol. The molecule has 5 nitrogen and oxygen atoms in total. The van der Waals surface area contributed by atoms with Crippen molar-refractivity contribution in [2.45, 2.75) is 80.1 Å². The summed E-state index contributed by atoms with van der Waals surface area (Å²) < 4.78 is 8.01. The van der Waals surface area contributed by atoms with Crippen LogP contribution in [0.4, 0.5) is 0 Å². The molecule has 2 aromatic carbocycles. The maximum Gasteiger partial charge on any atom is 0.271 e. The van der Waals surface area contributed by atoms with E-state index in [1.165, 1.54) is 33.4 Å². The van der Waals surface area contributed by atoms with Gasteiger partial charge in [0.1, 0.15) is 0 Å². The average molecular weight is 532 g/mol. The van der Waals surface area contributed by atoms with Crippen LogP contribution >= 0.6 is 0 Å². The minimum Gasteiger partial charge on any atom is -0.334 e. The highest BCUT2D eigenvalue weighted by molar-refractivity contribution is 5.50. The lowest BCUT2D eigenvalue weighted by molar-refractivity contribution is -0.603. The van der Waals surface area contributed by atoms with Gasteiger partial charge in [-0.15, -0.1) is 4.98 Å². The highest BCUT2D eigenvalue weighted by Crippen LogP contribution is 2.29. The van der Waals surface area contributed by atoms with Crippen LogP contribution in [0.25, 0.3) is 23.0 Å². The van der Waals surface area contributed by atoms with Gasteiger partial charge in [-0.1, -0.05) is 71.9 Å². The molecule has 40 heavy (non-hydrogen) atoms. The Morgan fingerprint density at radius 3 is 1.73 bits per heavy atom. The SMILES string of the molecule is Cc1cc(C(C)(C)C)cc(C)c1-n1[c-][n+](-c2cccc(-n3[c-][n+](-c4c(C)cc(C(C)(C)C)cc4C)cc3)n2)cc1. The van der Waals surface area contributed by atoms with Crippen LogP contribution in [0.1, 0.15) is 74.9 Å². The highest BCUT2D eigenvalue weighted by Gasteiger charge is 2.19. The first-order chi connectivity index (χ1) is 18.7. The second kappa shape index (κ2) is 9.88. The lowest BCUT2D eigenvalue weighted by atomic mass is 9.85. The fraction of sp³-hybridized carbons (Fsp3) is 0.343. The predicted molar refractivity (Wildman–Crippen MR) is 160 cm³/mol. The Bertz CT molecular complexity index is 1530. The van der Waals surface area contributed by atoms with Gasteiger partial charge in [0.2, 0.25) is 5.82 Å². The number of hydrogen-bond acceptors (Lipinski definition) is 1. The molecule has 206 valence electrons. The number of pyridine rings is 1. The van der Waals surface area contributed by atoms with Crippen LogP contribution in [0, 0.1) is 40.3 Å². The summed E-state index contributed by atoms with van der Waals surface area (Å²) in [5, 5.41) is 0. The second-order valence-corrected chi connectivity index (χ2v) is 13.0. The van der Waals surface area contributed by atoms with Crippen molar-refractivity contribution in [2.24, 2.45) is 0 Å². The summed E-state index contributed by atoms with van der Waals surface area (Å²) in [6.45, 7) is 22.2. The molecule has 0 aliphatic rings. The third-order valence-corrected chi connectivity index (χ3v) is 7.57. The molecule has 0 fully saturated rings. The number of nitrogens with zero attached hydrogens (tertiary/aromatic N) is 5. The minimum atomic E-state index is 0.111. The number of aromatic nitrogens is 5. The van der Waals surface area contributed by atoms with E-state index in [4.69, 9.17) is 4.98 Å². The summed E-state index contributed by atoms with van der Waals surface area (Å²) in [5.74, 6) is 1.60. The van der Waals surface area contributed by atoms with Gasteiger partial charge in [0.05, 0.1) is 5.69 Å². The van der Waals surface area contributed by atoms with E-state index >= 15 is 0 Å². The van der Waals surface area contributed by atoms with E-state index in [9.17, 15) is 0 Å². The predicted octanol–water partition coefficient (Wildman–Crippen LogP) is 6.65. The molecule has 0 amide bonds. The zero-order valence-corrected chi connectivity index (χ0v) is 25.6. The van der Waals surface area contributed by atoms with Crippen LogP contribution < -0.4 is 9.13 Å². The summed E-state index contributed by atoms with van der Waals surface area (Å²) in [7, 11) is 0. The van der Waals surface area contributed by atoms with E-state index in [1.807, 2.05) is 52.1 Å². The van der Waals surface area contributed by atoms with Crippen LogP contribution in [0.5, 0.6) is 0 Å². The normalized spacial score (nSPS) is 12.2. The Hall–Kier alpha value is -3.99. The van der Waals surface area contributed by atoms with Gasteiger partial charge in [0.15, 0.2) is 12.1 Å². The van der Waals surface area contributed by atoms with Crippen molar-refractivity contribution in [2.75, 3.05) is 0 Å². The molecule has 0 atom stereocenters. The van der Waals surface area contributed by atoms with Crippen molar-refractivity contribution in [1.82, 2.24) is 14.1 Å². The van der Waals surface area contributed by atoms with Crippen LogP contribution in [0.2, 0.25) is 0 Å². The molecule has 5 heteroatoms. The third kappa shape index (κ3) is 5.25. The van der Waals surface area contributed by atoms with E-state index in [1.54, 1.807) is 0 Å². The fourth-order valence-electron chi connectivity index (χ4n) is 5.35. The summed E-state index contributed by atoms with van der Waals surface area (Å²) in [6, 6.07) is 15.2. The van der Waals surface area contributed by atoms with Gasteiger partial charge >= 0.3 is 0 Å². The highest BCUT2D eigenvalue weighted by atomic mass is 15.2. The average Bonchev–Trinajstić information content (AvgIpc) is 3.53. The number of aryl methyl sites for hydroxylation is 4. The number of rotatable bonds is 4. The molecule has 3 heterocycles. The zero-order valence-electron chi connectivity index (χ0n) is 25.6. The Labute approximate surface area is 239 Å². The maximum absolute atomic E-state index is 4.95.